The van der Waals surface area contributed by atoms with E-state index in [9.17, 15) is 18.0 Å². The first-order valence-electron chi connectivity index (χ1n) is 6.54. The number of nitrogens with two attached hydrogens (primary N) is 1. The van der Waals surface area contributed by atoms with Crippen LogP contribution in [0.5, 0.6) is 0 Å². The molecule has 0 aliphatic heterocycles. The maximum absolute atomic E-state index is 12.3. The molecule has 2 amide bonds. The van der Waals surface area contributed by atoms with Gasteiger partial charge in [0.15, 0.2) is 0 Å². The molecular weight excluding hydrogens is 318 g/mol. The molecule has 120 valence electrons. The minimum absolute atomic E-state index is 0.186. The smallest absolute Gasteiger partial charge is 0.255 e. The number of carbonyl (C=O) groups excluding carboxylic acids is 2. The Kier molecular flexibility index (Phi) is 4.65. The number of carbonyl (C=O) groups is 2. The lowest BCUT2D eigenvalue weighted by molar-refractivity contribution is 0.100. The van der Waals surface area contributed by atoms with E-state index in [-0.39, 0.29) is 22.5 Å². The first kappa shape index (κ1) is 16.5. The van der Waals surface area contributed by atoms with Crippen LogP contribution >= 0.6 is 0 Å². The van der Waals surface area contributed by atoms with E-state index < -0.39 is 21.8 Å². The zero-order valence-corrected chi connectivity index (χ0v) is 13.1. The Labute approximate surface area is 133 Å². The molecule has 2 rings (SSSR count). The Hall–Kier alpha value is -2.87. The van der Waals surface area contributed by atoms with Crippen LogP contribution in [0, 0.1) is 0 Å². The first-order chi connectivity index (χ1) is 10.8. The lowest BCUT2D eigenvalue weighted by Crippen LogP contribution is -2.18. The van der Waals surface area contributed by atoms with E-state index in [1.165, 1.54) is 24.3 Å². The number of benzene rings is 2. The van der Waals surface area contributed by atoms with Gasteiger partial charge in [-0.3, -0.25) is 14.3 Å². The Balaban J connectivity index is 2.25. The number of nitrogens with one attached hydrogen (secondary N) is 2. The SMILES string of the molecule is CS(=O)(=O)Nc1cccc(C(=O)Nc2ccccc2C(N)=O)c1. The lowest BCUT2D eigenvalue weighted by atomic mass is 10.1. The van der Waals surface area contributed by atoms with Crippen molar-refractivity contribution in [1.82, 2.24) is 0 Å². The third-order valence-corrected chi connectivity index (χ3v) is 3.48. The van der Waals surface area contributed by atoms with Gasteiger partial charge in [-0.25, -0.2) is 8.42 Å². The predicted molar refractivity (Wildman–Crippen MR) is 87.8 cm³/mol. The molecule has 0 fully saturated rings. The third-order valence-electron chi connectivity index (χ3n) is 2.87. The van der Waals surface area contributed by atoms with Crippen molar-refractivity contribution in [2.24, 2.45) is 5.73 Å². The summed E-state index contributed by atoms with van der Waals surface area (Å²) in [5.74, 6) is -1.15. The van der Waals surface area contributed by atoms with E-state index in [2.05, 4.69) is 10.0 Å². The van der Waals surface area contributed by atoms with Crippen LogP contribution in [0.2, 0.25) is 0 Å². The van der Waals surface area contributed by atoms with Gasteiger partial charge in [0.2, 0.25) is 10.0 Å². The van der Waals surface area contributed by atoms with E-state index >= 15 is 0 Å². The van der Waals surface area contributed by atoms with Crippen LogP contribution in [0.25, 0.3) is 0 Å². The van der Waals surface area contributed by atoms with E-state index in [1.807, 2.05) is 0 Å². The highest BCUT2D eigenvalue weighted by Crippen LogP contribution is 2.17. The molecule has 0 atom stereocenters. The van der Waals surface area contributed by atoms with E-state index in [0.29, 0.717) is 0 Å². The molecule has 0 radical (unpaired) electrons. The minimum atomic E-state index is -3.44. The molecule has 0 saturated carbocycles. The third kappa shape index (κ3) is 4.55. The molecule has 0 saturated heterocycles. The summed E-state index contributed by atoms with van der Waals surface area (Å²) < 4.78 is 24.7. The molecule has 8 heteroatoms. The highest BCUT2D eigenvalue weighted by molar-refractivity contribution is 7.92. The summed E-state index contributed by atoms with van der Waals surface area (Å²) >= 11 is 0. The molecule has 4 N–H and O–H groups in total. The van der Waals surface area contributed by atoms with Gasteiger partial charge in [0.05, 0.1) is 17.5 Å². The number of rotatable bonds is 5. The molecule has 0 unspecified atom stereocenters. The van der Waals surface area contributed by atoms with Crippen LogP contribution in [0.4, 0.5) is 11.4 Å². The van der Waals surface area contributed by atoms with Crippen LogP contribution < -0.4 is 15.8 Å². The largest absolute Gasteiger partial charge is 0.366 e. The highest BCUT2D eigenvalue weighted by Gasteiger charge is 2.12. The topological polar surface area (TPSA) is 118 Å². The van der Waals surface area contributed by atoms with E-state index in [4.69, 9.17) is 5.73 Å². The summed E-state index contributed by atoms with van der Waals surface area (Å²) in [5, 5.41) is 2.58. The number of anilines is 2. The quantitative estimate of drug-likeness (QED) is 0.766. The summed E-state index contributed by atoms with van der Waals surface area (Å²) in [6.07, 6.45) is 1.02. The van der Waals surface area contributed by atoms with Gasteiger partial charge in [0.25, 0.3) is 11.8 Å². The fourth-order valence-electron chi connectivity index (χ4n) is 1.94. The van der Waals surface area contributed by atoms with Gasteiger partial charge in [0.1, 0.15) is 0 Å². The van der Waals surface area contributed by atoms with Gasteiger partial charge in [-0.05, 0) is 30.3 Å². The average molecular weight is 333 g/mol. The zero-order chi connectivity index (χ0) is 17.0. The van der Waals surface area contributed by atoms with Crippen molar-refractivity contribution in [3.05, 3.63) is 59.7 Å². The average Bonchev–Trinajstić information content (AvgIpc) is 2.46. The summed E-state index contributed by atoms with van der Waals surface area (Å²) in [5.41, 5.74) is 6.23. The maximum atomic E-state index is 12.3. The van der Waals surface area contributed by atoms with Gasteiger partial charge in [-0.2, -0.15) is 0 Å². The van der Waals surface area contributed by atoms with Crippen molar-refractivity contribution in [3.8, 4) is 0 Å². The Morgan fingerprint density at radius 3 is 2.39 bits per heavy atom. The number of sulfonamides is 1. The molecule has 0 bridgehead atoms. The van der Waals surface area contributed by atoms with Crippen LogP contribution in [-0.2, 0) is 10.0 Å². The molecule has 2 aromatic rings. The number of amides is 2. The molecule has 23 heavy (non-hydrogen) atoms. The number of hydrogen-bond acceptors (Lipinski definition) is 4. The molecular formula is C15H15N3O4S. The fraction of sp³-hybridized carbons (Fsp3) is 0.0667. The summed E-state index contributed by atoms with van der Waals surface area (Å²) in [4.78, 5) is 23.6. The molecule has 2 aromatic carbocycles. The van der Waals surface area contributed by atoms with Crippen molar-refractivity contribution in [1.29, 1.82) is 0 Å². The highest BCUT2D eigenvalue weighted by atomic mass is 32.2. The summed E-state index contributed by atoms with van der Waals surface area (Å²) in [7, 11) is -3.44. The molecule has 0 heterocycles. The summed E-state index contributed by atoms with van der Waals surface area (Å²) in [6, 6.07) is 12.3. The minimum Gasteiger partial charge on any atom is -0.366 e. The Bertz CT molecular complexity index is 863. The Morgan fingerprint density at radius 2 is 1.74 bits per heavy atom. The molecule has 0 aromatic heterocycles. The monoisotopic (exact) mass is 333 g/mol. The molecule has 0 aliphatic rings. The van der Waals surface area contributed by atoms with Crippen LogP contribution in [0.15, 0.2) is 48.5 Å². The second kappa shape index (κ2) is 6.49. The normalized spacial score (nSPS) is 10.8. The van der Waals surface area contributed by atoms with Crippen molar-refractivity contribution < 1.29 is 18.0 Å². The van der Waals surface area contributed by atoms with Gasteiger partial charge >= 0.3 is 0 Å². The van der Waals surface area contributed by atoms with Gasteiger partial charge < -0.3 is 11.1 Å². The van der Waals surface area contributed by atoms with Crippen molar-refractivity contribution in [3.63, 3.8) is 0 Å². The number of para-hydroxylation sites is 1. The van der Waals surface area contributed by atoms with Crippen LogP contribution in [0.1, 0.15) is 20.7 Å². The molecule has 7 nitrogen and oxygen atoms in total. The summed E-state index contributed by atoms with van der Waals surface area (Å²) in [6.45, 7) is 0. The van der Waals surface area contributed by atoms with Gasteiger partial charge in [0, 0.05) is 11.3 Å². The molecule has 0 aliphatic carbocycles. The van der Waals surface area contributed by atoms with E-state index in [1.54, 1.807) is 24.3 Å². The van der Waals surface area contributed by atoms with Crippen molar-refractivity contribution in [2.45, 2.75) is 0 Å². The maximum Gasteiger partial charge on any atom is 0.255 e. The number of primary amides is 1. The zero-order valence-electron chi connectivity index (χ0n) is 12.2. The lowest BCUT2D eigenvalue weighted by Gasteiger charge is -2.10. The van der Waals surface area contributed by atoms with Gasteiger partial charge in [-0.1, -0.05) is 18.2 Å². The number of hydrogen-bond donors (Lipinski definition) is 3. The fourth-order valence-corrected chi connectivity index (χ4v) is 2.49. The van der Waals surface area contributed by atoms with Crippen LogP contribution in [0.3, 0.4) is 0 Å². The van der Waals surface area contributed by atoms with Gasteiger partial charge in [-0.15, -0.1) is 0 Å². The van der Waals surface area contributed by atoms with Crippen LogP contribution in [-0.4, -0.2) is 26.5 Å². The molecule has 0 spiro atoms. The second-order valence-electron chi connectivity index (χ2n) is 4.82. The van der Waals surface area contributed by atoms with Crippen molar-refractivity contribution >= 4 is 33.2 Å². The Morgan fingerprint density at radius 1 is 1.04 bits per heavy atom. The van der Waals surface area contributed by atoms with Crippen molar-refractivity contribution in [2.75, 3.05) is 16.3 Å². The standard InChI is InChI=1S/C15H15N3O4S/c1-23(21,22)18-11-6-4-5-10(9-11)15(20)17-13-8-3-2-7-12(13)14(16)19/h2-9,18H,1H3,(H2,16,19)(H,17,20). The second-order valence-corrected chi connectivity index (χ2v) is 6.57. The predicted octanol–water partition coefficient (Wildman–Crippen LogP) is 1.41. The first-order valence-corrected chi connectivity index (χ1v) is 8.43. The van der Waals surface area contributed by atoms with E-state index in [0.717, 1.165) is 6.26 Å².